The highest BCUT2D eigenvalue weighted by Crippen LogP contribution is 2.34. The molecule has 0 atom stereocenters. The molecular formula is C17H21N3O5. The van der Waals surface area contributed by atoms with E-state index in [1.165, 1.54) is 13.2 Å². The number of hydrogen-bond acceptors (Lipinski definition) is 5. The van der Waals surface area contributed by atoms with Crippen LogP contribution in [0.5, 0.6) is 11.5 Å². The highest BCUT2D eigenvalue weighted by atomic mass is 16.5. The number of aromatic amines is 1. The Morgan fingerprint density at radius 3 is 2.52 bits per heavy atom. The molecular weight excluding hydrogens is 326 g/mol. The lowest BCUT2D eigenvalue weighted by Gasteiger charge is -2.20. The Balaban J connectivity index is 2.56. The average molecular weight is 347 g/mol. The number of carbonyl (C=O) groups is 2. The van der Waals surface area contributed by atoms with Crippen LogP contribution in [0.3, 0.4) is 0 Å². The number of rotatable bonds is 5. The summed E-state index contributed by atoms with van der Waals surface area (Å²) in [5.41, 5.74) is 4.34. The van der Waals surface area contributed by atoms with Gasteiger partial charge in [-0.2, -0.15) is 0 Å². The maximum Gasteiger partial charge on any atom is 0.261 e. The first-order valence-corrected chi connectivity index (χ1v) is 7.60. The molecule has 8 heteroatoms. The molecule has 134 valence electrons. The van der Waals surface area contributed by atoms with E-state index in [9.17, 15) is 14.4 Å². The topological polar surface area (TPSA) is 124 Å². The highest BCUT2D eigenvalue weighted by molar-refractivity contribution is 5.99. The molecule has 0 aliphatic rings. The largest absolute Gasteiger partial charge is 0.493 e. The van der Waals surface area contributed by atoms with E-state index in [1.54, 1.807) is 12.1 Å². The molecule has 1 heterocycles. The van der Waals surface area contributed by atoms with Gasteiger partial charge in [0.2, 0.25) is 0 Å². The van der Waals surface area contributed by atoms with Crippen molar-refractivity contribution in [1.29, 1.82) is 0 Å². The number of methoxy groups -OCH3 is 1. The van der Waals surface area contributed by atoms with E-state index < -0.39 is 22.9 Å². The highest BCUT2D eigenvalue weighted by Gasteiger charge is 2.20. The van der Waals surface area contributed by atoms with Crippen molar-refractivity contribution >= 4 is 22.7 Å². The van der Waals surface area contributed by atoms with E-state index in [0.717, 1.165) is 0 Å². The summed E-state index contributed by atoms with van der Waals surface area (Å²) in [6.07, 6.45) is 0. The van der Waals surface area contributed by atoms with E-state index in [2.05, 4.69) is 10.3 Å². The lowest BCUT2D eigenvalue weighted by molar-refractivity contribution is -0.119. The number of aromatic nitrogens is 1. The zero-order chi connectivity index (χ0) is 18.8. The molecule has 2 aromatic rings. The predicted molar refractivity (Wildman–Crippen MR) is 93.0 cm³/mol. The van der Waals surface area contributed by atoms with Crippen LogP contribution in [0.2, 0.25) is 0 Å². The molecule has 1 aromatic heterocycles. The lowest BCUT2D eigenvalue weighted by Crippen LogP contribution is -2.42. The summed E-state index contributed by atoms with van der Waals surface area (Å²) in [7, 11) is 1.43. The van der Waals surface area contributed by atoms with Gasteiger partial charge in [-0.3, -0.25) is 14.4 Å². The van der Waals surface area contributed by atoms with Crippen molar-refractivity contribution in [1.82, 2.24) is 10.3 Å². The second-order valence-electron chi connectivity index (χ2n) is 6.53. The monoisotopic (exact) mass is 347 g/mol. The second-order valence-corrected chi connectivity index (χ2v) is 6.53. The van der Waals surface area contributed by atoms with Crippen LogP contribution in [-0.2, 0) is 4.79 Å². The van der Waals surface area contributed by atoms with Crippen LogP contribution in [0.25, 0.3) is 10.9 Å². The number of H-pyrrole nitrogens is 1. The number of amides is 2. The fourth-order valence-corrected chi connectivity index (χ4v) is 2.25. The number of pyridine rings is 1. The van der Waals surface area contributed by atoms with Gasteiger partial charge in [-0.15, -0.1) is 0 Å². The van der Waals surface area contributed by atoms with Gasteiger partial charge in [0.15, 0.2) is 18.1 Å². The minimum atomic E-state index is -0.664. The smallest absolute Gasteiger partial charge is 0.261 e. The minimum absolute atomic E-state index is 0.0200. The molecule has 0 saturated carbocycles. The first-order chi connectivity index (χ1) is 11.6. The summed E-state index contributed by atoms with van der Waals surface area (Å²) in [6, 6.07) is 4.75. The Morgan fingerprint density at radius 1 is 1.28 bits per heavy atom. The van der Waals surface area contributed by atoms with Gasteiger partial charge in [0.1, 0.15) is 5.56 Å². The first kappa shape index (κ1) is 18.3. The van der Waals surface area contributed by atoms with Crippen LogP contribution in [0, 0.1) is 0 Å². The number of primary amides is 1. The lowest BCUT2D eigenvalue weighted by atomic mass is 10.1. The number of nitrogens with one attached hydrogen (secondary N) is 2. The van der Waals surface area contributed by atoms with E-state index in [4.69, 9.17) is 15.2 Å². The van der Waals surface area contributed by atoms with Crippen LogP contribution in [0.1, 0.15) is 31.1 Å². The number of benzene rings is 1. The number of fused-ring (bicyclic) bond motifs is 1. The Kier molecular flexibility index (Phi) is 5.01. The molecule has 0 unspecified atom stereocenters. The summed E-state index contributed by atoms with van der Waals surface area (Å²) in [5.74, 6) is -0.636. The van der Waals surface area contributed by atoms with Gasteiger partial charge in [0.25, 0.3) is 17.4 Å². The third-order valence-electron chi connectivity index (χ3n) is 3.25. The number of carbonyl (C=O) groups excluding carboxylic acids is 2. The number of ether oxygens (including phenoxy) is 2. The fraction of sp³-hybridized carbons (Fsp3) is 0.353. The molecule has 25 heavy (non-hydrogen) atoms. The summed E-state index contributed by atoms with van der Waals surface area (Å²) < 4.78 is 10.6. The summed E-state index contributed by atoms with van der Waals surface area (Å²) >= 11 is 0. The third-order valence-corrected chi connectivity index (χ3v) is 3.25. The zero-order valence-corrected chi connectivity index (χ0v) is 14.6. The first-order valence-electron chi connectivity index (χ1n) is 7.60. The summed E-state index contributed by atoms with van der Waals surface area (Å²) in [6.45, 7) is 5.09. The van der Waals surface area contributed by atoms with Crippen LogP contribution in [0.4, 0.5) is 0 Å². The molecule has 0 fully saturated rings. The Morgan fingerprint density at radius 2 is 1.96 bits per heavy atom. The van der Waals surface area contributed by atoms with Crippen molar-refractivity contribution in [3.05, 3.63) is 34.1 Å². The molecule has 4 N–H and O–H groups in total. The zero-order valence-electron chi connectivity index (χ0n) is 14.6. The van der Waals surface area contributed by atoms with Gasteiger partial charge in [0, 0.05) is 10.9 Å². The van der Waals surface area contributed by atoms with Crippen LogP contribution < -0.4 is 26.1 Å². The van der Waals surface area contributed by atoms with E-state index in [0.29, 0.717) is 16.7 Å². The predicted octanol–water partition coefficient (Wildman–Crippen LogP) is 0.929. The maximum absolute atomic E-state index is 12.3. The van der Waals surface area contributed by atoms with Crippen molar-refractivity contribution in [3.8, 4) is 11.5 Å². The Bertz CT molecular complexity index is 880. The Labute approximate surface area is 144 Å². The van der Waals surface area contributed by atoms with Crippen LogP contribution >= 0.6 is 0 Å². The maximum atomic E-state index is 12.3. The SMILES string of the molecule is COc1ccc2cc(C(=O)NC(C)(C)C)c(=O)[nH]c2c1OCC(N)=O. The number of nitrogens with two attached hydrogens (primary N) is 1. The quantitative estimate of drug-likeness (QED) is 0.742. The van der Waals surface area contributed by atoms with Gasteiger partial charge in [0.05, 0.1) is 12.6 Å². The van der Waals surface area contributed by atoms with Crippen LogP contribution in [-0.4, -0.2) is 36.1 Å². The molecule has 0 saturated heterocycles. The van der Waals surface area contributed by atoms with Gasteiger partial charge >= 0.3 is 0 Å². The molecule has 0 aliphatic carbocycles. The number of hydrogen-bond donors (Lipinski definition) is 3. The van der Waals surface area contributed by atoms with Gasteiger partial charge in [-0.1, -0.05) is 0 Å². The Hall–Kier alpha value is -3.03. The van der Waals surface area contributed by atoms with Gasteiger partial charge in [-0.05, 0) is 39.0 Å². The molecule has 0 radical (unpaired) electrons. The fourth-order valence-electron chi connectivity index (χ4n) is 2.25. The molecule has 2 rings (SSSR count). The van der Waals surface area contributed by atoms with Crippen LogP contribution in [0.15, 0.2) is 23.0 Å². The molecule has 2 amide bonds. The van der Waals surface area contributed by atoms with E-state index in [-0.39, 0.29) is 17.9 Å². The summed E-state index contributed by atoms with van der Waals surface area (Å²) in [5, 5.41) is 3.30. The molecule has 8 nitrogen and oxygen atoms in total. The standard InChI is InChI=1S/C17H21N3O5/c1-17(2,3)20-16(23)10-7-9-5-6-11(24-4)14(25-8-12(18)21)13(9)19-15(10)22/h5-7H,8H2,1-4H3,(H2,18,21)(H,19,22)(H,20,23). The van der Waals surface area contributed by atoms with Crippen molar-refractivity contribution in [2.24, 2.45) is 5.73 Å². The molecule has 0 aliphatic heterocycles. The van der Waals surface area contributed by atoms with Crippen molar-refractivity contribution < 1.29 is 19.1 Å². The third kappa shape index (κ3) is 4.28. The van der Waals surface area contributed by atoms with Gasteiger partial charge in [-0.25, -0.2) is 0 Å². The van der Waals surface area contributed by atoms with E-state index >= 15 is 0 Å². The van der Waals surface area contributed by atoms with Crippen molar-refractivity contribution in [2.75, 3.05) is 13.7 Å². The van der Waals surface area contributed by atoms with Crippen molar-refractivity contribution in [3.63, 3.8) is 0 Å². The van der Waals surface area contributed by atoms with Crippen molar-refractivity contribution in [2.45, 2.75) is 26.3 Å². The average Bonchev–Trinajstić information content (AvgIpc) is 2.49. The molecule has 0 spiro atoms. The summed E-state index contributed by atoms with van der Waals surface area (Å²) in [4.78, 5) is 38.2. The molecule has 1 aromatic carbocycles. The van der Waals surface area contributed by atoms with E-state index in [1.807, 2.05) is 20.8 Å². The minimum Gasteiger partial charge on any atom is -0.493 e. The molecule has 0 bridgehead atoms. The normalized spacial score (nSPS) is 11.2. The van der Waals surface area contributed by atoms with Gasteiger partial charge < -0.3 is 25.5 Å². The second kappa shape index (κ2) is 6.84.